The molecule has 0 amide bonds. The highest BCUT2D eigenvalue weighted by molar-refractivity contribution is 14.0. The van der Waals surface area contributed by atoms with Crippen molar-refractivity contribution in [2.24, 2.45) is 4.99 Å². The van der Waals surface area contributed by atoms with Crippen molar-refractivity contribution in [3.8, 4) is 11.5 Å². The monoisotopic (exact) mass is 558 g/mol. The van der Waals surface area contributed by atoms with Crippen LogP contribution in [-0.4, -0.2) is 62.5 Å². The van der Waals surface area contributed by atoms with Crippen molar-refractivity contribution < 1.29 is 19.0 Å². The summed E-state index contributed by atoms with van der Waals surface area (Å²) in [5, 5.41) is 16.9. The van der Waals surface area contributed by atoms with Gasteiger partial charge < -0.3 is 25.2 Å². The van der Waals surface area contributed by atoms with Gasteiger partial charge in [0.1, 0.15) is 5.82 Å². The van der Waals surface area contributed by atoms with E-state index in [1.807, 2.05) is 31.2 Å². The first-order chi connectivity index (χ1) is 15.1. The SMILES string of the molecule is CCNC(=NCc1cccc(OC)c1O)NCC(c1ccc(F)cc1)N1CCOCC1.I. The molecular weight excluding hydrogens is 526 g/mol. The Hall–Kier alpha value is -2.11. The van der Waals surface area contributed by atoms with Crippen LogP contribution in [0.5, 0.6) is 11.5 Å². The lowest BCUT2D eigenvalue weighted by Gasteiger charge is -2.35. The third-order valence-electron chi connectivity index (χ3n) is 5.26. The van der Waals surface area contributed by atoms with Crippen LogP contribution in [0.3, 0.4) is 0 Å². The zero-order chi connectivity index (χ0) is 22.1. The largest absolute Gasteiger partial charge is 0.504 e. The zero-order valence-electron chi connectivity index (χ0n) is 18.5. The van der Waals surface area contributed by atoms with Crippen molar-refractivity contribution >= 4 is 29.9 Å². The summed E-state index contributed by atoms with van der Waals surface area (Å²) >= 11 is 0. The summed E-state index contributed by atoms with van der Waals surface area (Å²) in [6, 6.07) is 12.1. The molecular formula is C23H32FIN4O3. The van der Waals surface area contributed by atoms with Gasteiger partial charge in [-0.2, -0.15) is 0 Å². The summed E-state index contributed by atoms with van der Waals surface area (Å²) in [5.74, 6) is 0.923. The van der Waals surface area contributed by atoms with Crippen molar-refractivity contribution in [2.75, 3.05) is 46.5 Å². The number of nitrogens with one attached hydrogen (secondary N) is 2. The zero-order valence-corrected chi connectivity index (χ0v) is 20.8. The lowest BCUT2D eigenvalue weighted by molar-refractivity contribution is 0.0170. The molecule has 3 N–H and O–H groups in total. The minimum Gasteiger partial charge on any atom is -0.504 e. The Kier molecular flexibility index (Phi) is 11.0. The second kappa shape index (κ2) is 13.4. The maximum atomic E-state index is 13.4. The minimum absolute atomic E-state index is 0. The summed E-state index contributed by atoms with van der Waals surface area (Å²) in [7, 11) is 1.52. The van der Waals surface area contributed by atoms with E-state index in [-0.39, 0.29) is 41.6 Å². The van der Waals surface area contributed by atoms with Crippen LogP contribution in [0.2, 0.25) is 0 Å². The van der Waals surface area contributed by atoms with Gasteiger partial charge >= 0.3 is 0 Å². The number of aromatic hydroxyl groups is 1. The molecule has 0 aromatic heterocycles. The topological polar surface area (TPSA) is 78.4 Å². The Bertz CT molecular complexity index is 861. The number of nitrogens with zero attached hydrogens (tertiary/aromatic N) is 2. The molecule has 2 aromatic carbocycles. The molecule has 0 aliphatic carbocycles. The smallest absolute Gasteiger partial charge is 0.191 e. The van der Waals surface area contributed by atoms with Crippen LogP contribution in [0, 0.1) is 5.82 Å². The third kappa shape index (κ3) is 7.21. The highest BCUT2D eigenvalue weighted by atomic mass is 127. The van der Waals surface area contributed by atoms with E-state index in [1.54, 1.807) is 6.07 Å². The molecule has 1 unspecified atom stereocenters. The molecule has 1 aliphatic heterocycles. The first-order valence-electron chi connectivity index (χ1n) is 10.6. The molecule has 3 rings (SSSR count). The number of ether oxygens (including phenoxy) is 2. The molecule has 0 saturated carbocycles. The van der Waals surface area contributed by atoms with Crippen molar-refractivity contribution in [1.29, 1.82) is 0 Å². The number of aliphatic imine (C=N–C) groups is 1. The van der Waals surface area contributed by atoms with Crippen molar-refractivity contribution in [3.05, 3.63) is 59.4 Å². The number of benzene rings is 2. The van der Waals surface area contributed by atoms with Gasteiger partial charge in [-0.25, -0.2) is 9.38 Å². The number of hydrogen-bond acceptors (Lipinski definition) is 5. The molecule has 0 bridgehead atoms. The van der Waals surface area contributed by atoms with E-state index < -0.39 is 0 Å². The first kappa shape index (κ1) is 26.1. The van der Waals surface area contributed by atoms with Gasteiger partial charge in [-0.15, -0.1) is 24.0 Å². The van der Waals surface area contributed by atoms with E-state index in [4.69, 9.17) is 9.47 Å². The van der Waals surface area contributed by atoms with Crippen LogP contribution >= 0.6 is 24.0 Å². The molecule has 1 aliphatic rings. The molecule has 0 radical (unpaired) electrons. The van der Waals surface area contributed by atoms with Gasteiger partial charge in [0.2, 0.25) is 0 Å². The molecule has 1 atom stereocenters. The van der Waals surface area contributed by atoms with Crippen LogP contribution in [0.15, 0.2) is 47.5 Å². The Labute approximate surface area is 206 Å². The molecule has 1 heterocycles. The number of rotatable bonds is 8. The van der Waals surface area contributed by atoms with Crippen LogP contribution < -0.4 is 15.4 Å². The van der Waals surface area contributed by atoms with Gasteiger partial charge in [-0.1, -0.05) is 24.3 Å². The second-order valence-corrected chi connectivity index (χ2v) is 7.26. The maximum absolute atomic E-state index is 13.4. The normalized spacial score (nSPS) is 15.5. The van der Waals surface area contributed by atoms with Crippen LogP contribution in [-0.2, 0) is 11.3 Å². The predicted molar refractivity (Wildman–Crippen MR) is 134 cm³/mol. The first-order valence-corrected chi connectivity index (χ1v) is 10.6. The average Bonchev–Trinajstić information content (AvgIpc) is 2.80. The summed E-state index contributed by atoms with van der Waals surface area (Å²) in [6.45, 7) is 6.60. The summed E-state index contributed by atoms with van der Waals surface area (Å²) in [5.41, 5.74) is 1.72. The molecule has 9 heteroatoms. The highest BCUT2D eigenvalue weighted by Crippen LogP contribution is 2.29. The van der Waals surface area contributed by atoms with E-state index in [0.717, 1.165) is 18.7 Å². The number of phenols is 1. The summed E-state index contributed by atoms with van der Waals surface area (Å²) in [4.78, 5) is 6.96. The van der Waals surface area contributed by atoms with Crippen molar-refractivity contribution in [2.45, 2.75) is 19.5 Å². The summed E-state index contributed by atoms with van der Waals surface area (Å²) < 4.78 is 24.1. The lowest BCUT2D eigenvalue weighted by atomic mass is 10.0. The number of guanidine groups is 1. The van der Waals surface area contributed by atoms with Crippen molar-refractivity contribution in [1.82, 2.24) is 15.5 Å². The fraction of sp³-hybridized carbons (Fsp3) is 0.435. The maximum Gasteiger partial charge on any atom is 0.191 e. The quantitative estimate of drug-likeness (QED) is 0.262. The number of para-hydroxylation sites is 1. The second-order valence-electron chi connectivity index (χ2n) is 7.26. The number of methoxy groups -OCH3 is 1. The Balaban J connectivity index is 0.00000363. The standard InChI is InChI=1S/C23H31FN4O3.HI/c1-3-25-23(26-15-18-5-4-6-21(30-2)22(18)29)27-16-20(28-11-13-31-14-12-28)17-7-9-19(24)10-8-17;/h4-10,20,29H,3,11-16H2,1-2H3,(H2,25,26,27);1H. The Morgan fingerprint density at radius 2 is 1.91 bits per heavy atom. The van der Waals surface area contributed by atoms with Crippen LogP contribution in [0.25, 0.3) is 0 Å². The van der Waals surface area contributed by atoms with E-state index in [2.05, 4.69) is 20.5 Å². The number of halogens is 2. The van der Waals surface area contributed by atoms with E-state index in [1.165, 1.54) is 19.2 Å². The molecule has 2 aromatic rings. The lowest BCUT2D eigenvalue weighted by Crippen LogP contribution is -2.46. The Morgan fingerprint density at radius 1 is 1.19 bits per heavy atom. The fourth-order valence-electron chi connectivity index (χ4n) is 3.59. The minimum atomic E-state index is -0.245. The molecule has 32 heavy (non-hydrogen) atoms. The van der Waals surface area contributed by atoms with Gasteiger partial charge in [0, 0.05) is 31.7 Å². The third-order valence-corrected chi connectivity index (χ3v) is 5.26. The van der Waals surface area contributed by atoms with Gasteiger partial charge in [0.05, 0.1) is 32.9 Å². The number of morpholine rings is 1. The van der Waals surface area contributed by atoms with Crippen LogP contribution in [0.1, 0.15) is 24.1 Å². The van der Waals surface area contributed by atoms with Crippen LogP contribution in [0.4, 0.5) is 4.39 Å². The predicted octanol–water partition coefficient (Wildman–Crippen LogP) is 3.29. The fourth-order valence-corrected chi connectivity index (χ4v) is 3.59. The van der Waals surface area contributed by atoms with Gasteiger partial charge in [-0.3, -0.25) is 4.90 Å². The molecule has 1 saturated heterocycles. The Morgan fingerprint density at radius 3 is 2.56 bits per heavy atom. The summed E-state index contributed by atoms with van der Waals surface area (Å²) in [6.07, 6.45) is 0. The average molecular weight is 558 g/mol. The molecule has 176 valence electrons. The number of hydrogen-bond donors (Lipinski definition) is 3. The molecule has 1 fully saturated rings. The highest BCUT2D eigenvalue weighted by Gasteiger charge is 2.23. The van der Waals surface area contributed by atoms with Gasteiger partial charge in [0.15, 0.2) is 17.5 Å². The van der Waals surface area contributed by atoms with E-state index >= 15 is 0 Å². The van der Waals surface area contributed by atoms with E-state index in [9.17, 15) is 9.50 Å². The molecule has 7 nitrogen and oxygen atoms in total. The van der Waals surface area contributed by atoms with Gasteiger partial charge in [-0.05, 0) is 30.7 Å². The van der Waals surface area contributed by atoms with E-state index in [0.29, 0.717) is 50.1 Å². The molecule has 0 spiro atoms. The van der Waals surface area contributed by atoms with Crippen molar-refractivity contribution in [3.63, 3.8) is 0 Å². The van der Waals surface area contributed by atoms with Gasteiger partial charge in [0.25, 0.3) is 0 Å². The number of phenolic OH excluding ortho intramolecular Hbond substituents is 1.